The third kappa shape index (κ3) is 4.02. The second kappa shape index (κ2) is 6.27. The van der Waals surface area contributed by atoms with Gasteiger partial charge in [-0.2, -0.15) is 0 Å². The molecule has 16 heavy (non-hydrogen) atoms. The Bertz CT molecular complexity index is 367. The topological polar surface area (TPSA) is 66.4 Å². The van der Waals surface area contributed by atoms with Crippen LogP contribution in [0.2, 0.25) is 0 Å². The van der Waals surface area contributed by atoms with Crippen LogP contribution in [0.3, 0.4) is 0 Å². The van der Waals surface area contributed by atoms with Crippen molar-refractivity contribution >= 4 is 27.8 Å². The average Bonchev–Trinajstić information content (AvgIpc) is 2.29. The fourth-order valence-corrected chi connectivity index (χ4v) is 1.44. The highest BCUT2D eigenvalue weighted by Gasteiger charge is 2.19. The lowest BCUT2D eigenvalue weighted by molar-refractivity contribution is -0.141. The number of hydrogen-bond acceptors (Lipinski definition) is 2. The second-order valence-corrected chi connectivity index (χ2v) is 3.84. The largest absolute Gasteiger partial charge is 0.480 e. The lowest BCUT2D eigenvalue weighted by Crippen LogP contribution is -2.42. The molecule has 0 aliphatic rings. The van der Waals surface area contributed by atoms with Gasteiger partial charge in [0.15, 0.2) is 0 Å². The number of benzene rings is 1. The van der Waals surface area contributed by atoms with Gasteiger partial charge in [0.1, 0.15) is 6.04 Å². The number of rotatable bonds is 5. The van der Waals surface area contributed by atoms with Gasteiger partial charge in [-0.3, -0.25) is 4.79 Å². The van der Waals surface area contributed by atoms with Crippen LogP contribution in [0, 0.1) is 0 Å². The van der Waals surface area contributed by atoms with Crippen LogP contribution in [0.4, 0.5) is 0 Å². The number of halogens is 1. The van der Waals surface area contributed by atoms with E-state index in [0.29, 0.717) is 0 Å². The Balaban J connectivity index is 2.65. The molecule has 1 aromatic carbocycles. The molecule has 86 valence electrons. The zero-order chi connectivity index (χ0) is 12.0. The number of carboxylic acids is 1. The van der Waals surface area contributed by atoms with Gasteiger partial charge < -0.3 is 10.4 Å². The Hall–Kier alpha value is -1.36. The molecule has 0 bridgehead atoms. The second-order valence-electron chi connectivity index (χ2n) is 3.28. The first-order valence-corrected chi connectivity index (χ1v) is 5.87. The fourth-order valence-electron chi connectivity index (χ4n) is 1.28. The number of hydrogen-bond donors (Lipinski definition) is 2. The van der Waals surface area contributed by atoms with E-state index < -0.39 is 12.0 Å². The first kappa shape index (κ1) is 12.7. The van der Waals surface area contributed by atoms with E-state index >= 15 is 0 Å². The number of carbonyl (C=O) groups is 2. The van der Waals surface area contributed by atoms with Gasteiger partial charge in [0.25, 0.3) is 0 Å². The maximum Gasteiger partial charge on any atom is 0.326 e. The summed E-state index contributed by atoms with van der Waals surface area (Å²) in [4.78, 5) is 22.0. The fraction of sp³-hybridized carbons (Fsp3) is 0.273. The molecule has 0 aromatic heterocycles. The molecule has 1 aromatic rings. The number of nitrogens with one attached hydrogen (secondary N) is 1. The molecule has 1 atom stereocenters. The lowest BCUT2D eigenvalue weighted by Gasteiger charge is -2.13. The van der Waals surface area contributed by atoms with Crippen LogP contribution in [0.5, 0.6) is 0 Å². The zero-order valence-electron chi connectivity index (χ0n) is 8.52. The van der Waals surface area contributed by atoms with E-state index in [9.17, 15) is 9.59 Å². The molecule has 2 N–H and O–H groups in total. The molecular weight excluding hydrogens is 274 g/mol. The van der Waals surface area contributed by atoms with Crippen molar-refractivity contribution in [3.8, 4) is 0 Å². The van der Waals surface area contributed by atoms with Crippen molar-refractivity contribution in [1.29, 1.82) is 0 Å². The molecule has 5 heteroatoms. The highest BCUT2D eigenvalue weighted by molar-refractivity contribution is 9.09. The third-order valence-electron chi connectivity index (χ3n) is 2.04. The lowest BCUT2D eigenvalue weighted by atomic mass is 10.1. The van der Waals surface area contributed by atoms with Crippen molar-refractivity contribution in [2.45, 2.75) is 12.5 Å². The van der Waals surface area contributed by atoms with Crippen molar-refractivity contribution in [2.75, 3.05) is 5.33 Å². The zero-order valence-corrected chi connectivity index (χ0v) is 10.1. The van der Waals surface area contributed by atoms with Gasteiger partial charge in [0, 0.05) is 6.42 Å². The quantitative estimate of drug-likeness (QED) is 0.799. The van der Waals surface area contributed by atoms with Crippen molar-refractivity contribution < 1.29 is 14.7 Å². The summed E-state index contributed by atoms with van der Waals surface area (Å²) in [5, 5.41) is 11.5. The third-order valence-corrected chi connectivity index (χ3v) is 2.55. The predicted molar refractivity (Wildman–Crippen MR) is 63.5 cm³/mol. The molecule has 0 heterocycles. The van der Waals surface area contributed by atoms with Gasteiger partial charge in [-0.05, 0) is 5.56 Å². The average molecular weight is 286 g/mol. The van der Waals surface area contributed by atoms with E-state index in [0.717, 1.165) is 5.56 Å². The SMILES string of the molecule is O=C(CBr)NC(Cc1ccccc1)C(=O)O. The van der Waals surface area contributed by atoms with Gasteiger partial charge in [-0.1, -0.05) is 46.3 Å². The van der Waals surface area contributed by atoms with Crippen LogP contribution in [0.1, 0.15) is 5.56 Å². The summed E-state index contributed by atoms with van der Waals surface area (Å²) in [7, 11) is 0. The molecule has 0 fully saturated rings. The number of aliphatic carboxylic acids is 1. The van der Waals surface area contributed by atoms with E-state index in [-0.39, 0.29) is 17.7 Å². The van der Waals surface area contributed by atoms with E-state index in [4.69, 9.17) is 5.11 Å². The minimum absolute atomic E-state index is 0.103. The molecule has 4 nitrogen and oxygen atoms in total. The Morgan fingerprint density at radius 3 is 2.44 bits per heavy atom. The number of carbonyl (C=O) groups excluding carboxylic acids is 1. The van der Waals surface area contributed by atoms with E-state index in [1.807, 2.05) is 30.3 Å². The minimum atomic E-state index is -1.03. The molecule has 1 rings (SSSR count). The van der Waals surface area contributed by atoms with Gasteiger partial charge in [0.05, 0.1) is 5.33 Å². The van der Waals surface area contributed by atoms with Crippen LogP contribution < -0.4 is 5.32 Å². The van der Waals surface area contributed by atoms with Crippen LogP contribution in [0.25, 0.3) is 0 Å². The summed E-state index contributed by atoms with van der Waals surface area (Å²) < 4.78 is 0. The molecule has 0 saturated carbocycles. The molecule has 0 spiro atoms. The number of amides is 1. The standard InChI is InChI=1S/C11H12BrNO3/c12-7-10(14)13-9(11(15)16)6-8-4-2-1-3-5-8/h1-5,9H,6-7H2,(H,13,14)(H,15,16). The summed E-state index contributed by atoms with van der Waals surface area (Å²) >= 11 is 2.97. The predicted octanol–water partition coefficient (Wildman–Crippen LogP) is 1.19. The van der Waals surface area contributed by atoms with E-state index in [1.54, 1.807) is 0 Å². The van der Waals surface area contributed by atoms with E-state index in [2.05, 4.69) is 21.2 Å². The van der Waals surface area contributed by atoms with Crippen LogP contribution >= 0.6 is 15.9 Å². The summed E-state index contributed by atoms with van der Waals surface area (Å²) in [6.07, 6.45) is 0.287. The van der Waals surface area contributed by atoms with Crippen LogP contribution in [-0.2, 0) is 16.0 Å². The normalized spacial score (nSPS) is 11.8. The Morgan fingerprint density at radius 2 is 1.94 bits per heavy atom. The maximum absolute atomic E-state index is 11.1. The maximum atomic E-state index is 11.1. The van der Waals surface area contributed by atoms with Gasteiger partial charge in [-0.25, -0.2) is 4.79 Å². The first-order chi connectivity index (χ1) is 7.63. The van der Waals surface area contributed by atoms with Gasteiger partial charge >= 0.3 is 5.97 Å². The van der Waals surface area contributed by atoms with Crippen molar-refractivity contribution in [3.63, 3.8) is 0 Å². The number of alkyl halides is 1. The molecule has 1 amide bonds. The van der Waals surface area contributed by atoms with Gasteiger partial charge in [0.2, 0.25) is 5.91 Å². The smallest absolute Gasteiger partial charge is 0.326 e. The molecule has 0 aliphatic carbocycles. The summed E-state index contributed by atoms with van der Waals surface area (Å²) in [5.41, 5.74) is 0.879. The Kier molecular flexibility index (Phi) is 4.98. The minimum Gasteiger partial charge on any atom is -0.480 e. The summed E-state index contributed by atoms with van der Waals surface area (Å²) in [6, 6.07) is 8.30. The molecule has 1 unspecified atom stereocenters. The molecule has 0 radical (unpaired) electrons. The van der Waals surface area contributed by atoms with Crippen molar-refractivity contribution in [1.82, 2.24) is 5.32 Å². The summed E-state index contributed by atoms with van der Waals surface area (Å²) in [6.45, 7) is 0. The highest BCUT2D eigenvalue weighted by Crippen LogP contribution is 2.03. The van der Waals surface area contributed by atoms with Gasteiger partial charge in [-0.15, -0.1) is 0 Å². The van der Waals surface area contributed by atoms with Crippen molar-refractivity contribution in [2.24, 2.45) is 0 Å². The van der Waals surface area contributed by atoms with Crippen LogP contribution in [-0.4, -0.2) is 28.4 Å². The number of carboxylic acid groups (broad SMARTS) is 1. The van der Waals surface area contributed by atoms with Crippen molar-refractivity contribution in [3.05, 3.63) is 35.9 Å². The monoisotopic (exact) mass is 285 g/mol. The summed E-state index contributed by atoms with van der Waals surface area (Å²) in [5.74, 6) is -1.36. The van der Waals surface area contributed by atoms with E-state index in [1.165, 1.54) is 0 Å². The molecule has 0 aliphatic heterocycles. The molecule has 0 saturated heterocycles. The Morgan fingerprint density at radius 1 is 1.31 bits per heavy atom. The molecular formula is C11H12BrNO3. The Labute approximate surface area is 102 Å². The first-order valence-electron chi connectivity index (χ1n) is 4.75. The highest BCUT2D eigenvalue weighted by atomic mass is 79.9. The van der Waals surface area contributed by atoms with Crippen LogP contribution in [0.15, 0.2) is 30.3 Å².